The largest absolute Gasteiger partial charge is 0.493 e. The number of amides is 1. The van der Waals surface area contributed by atoms with Gasteiger partial charge in [-0.1, -0.05) is 53.7 Å². The molecule has 1 aromatic carbocycles. The van der Waals surface area contributed by atoms with Crippen LogP contribution in [0.1, 0.15) is 69.0 Å². The van der Waals surface area contributed by atoms with Gasteiger partial charge in [0.05, 0.1) is 25.1 Å². The summed E-state index contributed by atoms with van der Waals surface area (Å²) in [5, 5.41) is 7.42. The molecule has 0 aliphatic carbocycles. The quantitative estimate of drug-likeness (QED) is 0.281. The Bertz CT molecular complexity index is 1400. The van der Waals surface area contributed by atoms with Crippen LogP contribution in [0.4, 0.5) is 5.13 Å². The van der Waals surface area contributed by atoms with Gasteiger partial charge in [-0.05, 0) is 23.6 Å². The van der Waals surface area contributed by atoms with Crippen molar-refractivity contribution in [2.75, 3.05) is 19.0 Å². The highest BCUT2D eigenvalue weighted by molar-refractivity contribution is 7.15. The number of methoxy groups -OCH3 is 1. The number of fused-ring (bicyclic) bond motifs is 1. The molecule has 0 saturated carbocycles. The molecule has 1 amide bonds. The third-order valence-electron chi connectivity index (χ3n) is 5.30. The normalized spacial score (nSPS) is 12.4. The fourth-order valence-corrected chi connectivity index (χ4v) is 5.07. The van der Waals surface area contributed by atoms with Gasteiger partial charge in [0.25, 0.3) is 5.91 Å². The van der Waals surface area contributed by atoms with E-state index in [9.17, 15) is 4.79 Å². The summed E-state index contributed by atoms with van der Waals surface area (Å²) < 4.78 is 13.5. The maximum atomic E-state index is 13.4. The van der Waals surface area contributed by atoms with E-state index in [0.29, 0.717) is 34.6 Å². The molecule has 0 unspecified atom stereocenters. The van der Waals surface area contributed by atoms with Crippen LogP contribution < -0.4 is 14.8 Å². The van der Waals surface area contributed by atoms with Crippen molar-refractivity contribution in [1.29, 1.82) is 0 Å². The molecule has 0 saturated heterocycles. The first kappa shape index (κ1) is 25.9. The maximum Gasteiger partial charge on any atom is 0.276 e. The lowest BCUT2D eigenvalue weighted by Gasteiger charge is -2.21. The molecule has 7 nitrogen and oxygen atoms in total. The molecule has 0 bridgehead atoms. The fraction of sp³-hybridized carbons (Fsp3) is 0.370. The predicted molar refractivity (Wildman–Crippen MR) is 149 cm³/mol. The van der Waals surface area contributed by atoms with Crippen molar-refractivity contribution in [2.45, 2.75) is 47.0 Å². The lowest BCUT2D eigenvalue weighted by atomic mass is 9.93. The smallest absolute Gasteiger partial charge is 0.276 e. The molecule has 4 aromatic rings. The molecule has 0 spiro atoms. The van der Waals surface area contributed by atoms with Gasteiger partial charge in [-0.15, -0.1) is 22.7 Å². The summed E-state index contributed by atoms with van der Waals surface area (Å²) in [6, 6.07) is 5.75. The number of carbonyl (C=O) groups is 1. The molecule has 1 N–H and O–H groups in total. The molecule has 0 atom stereocenters. The third-order valence-corrected chi connectivity index (χ3v) is 6.81. The van der Waals surface area contributed by atoms with Crippen molar-refractivity contribution in [1.82, 2.24) is 14.4 Å². The lowest BCUT2D eigenvalue weighted by Crippen LogP contribution is -2.17. The topological polar surface area (TPSA) is 77.8 Å². The number of nitrogens with zero attached hydrogens (tertiary/aromatic N) is 3. The molecule has 9 heteroatoms. The van der Waals surface area contributed by atoms with Crippen molar-refractivity contribution < 1.29 is 14.3 Å². The molecular weight excluding hydrogens is 492 g/mol. The van der Waals surface area contributed by atoms with Crippen LogP contribution in [-0.4, -0.2) is 34.0 Å². The molecule has 3 aromatic heterocycles. The Morgan fingerprint density at radius 1 is 1.11 bits per heavy atom. The van der Waals surface area contributed by atoms with Gasteiger partial charge in [-0.25, -0.2) is 9.97 Å². The van der Waals surface area contributed by atoms with E-state index in [0.717, 1.165) is 16.2 Å². The number of benzene rings is 1. The van der Waals surface area contributed by atoms with Gasteiger partial charge in [0.2, 0.25) is 0 Å². The highest BCUT2D eigenvalue weighted by Gasteiger charge is 2.22. The van der Waals surface area contributed by atoms with Crippen molar-refractivity contribution in [3.63, 3.8) is 0 Å². The van der Waals surface area contributed by atoms with E-state index < -0.39 is 0 Å². The zero-order chi connectivity index (χ0) is 26.1. The Kier molecular flexibility index (Phi) is 7.24. The summed E-state index contributed by atoms with van der Waals surface area (Å²) in [5.74, 6) is 1.06. The average molecular weight is 525 g/mol. The first-order chi connectivity index (χ1) is 17.0. The van der Waals surface area contributed by atoms with Crippen LogP contribution in [0.15, 0.2) is 35.2 Å². The van der Waals surface area contributed by atoms with E-state index >= 15 is 0 Å². The van der Waals surface area contributed by atoms with Crippen LogP contribution >= 0.6 is 22.7 Å². The number of aromatic nitrogens is 3. The van der Waals surface area contributed by atoms with Gasteiger partial charge in [0.1, 0.15) is 5.69 Å². The number of imidazole rings is 1. The number of para-hydroxylation sites is 1. The van der Waals surface area contributed by atoms with Gasteiger partial charge in [0.15, 0.2) is 21.6 Å². The summed E-state index contributed by atoms with van der Waals surface area (Å²) in [7, 11) is 1.63. The standard InChI is InChI=1S/C27H32N4O3S2/c1-26(2,3)16-34-22-17(9-8-10-19(22)33-7)11-12-18-21(31-13-14-35-25(31)28-18)23(32)30-24-29-20(15-36-24)27(4,5)6/h8-15H,16H2,1-7H3,(H,29,30,32). The molecule has 0 radical (unpaired) electrons. The Hall–Kier alpha value is -3.17. The SMILES string of the molecule is COc1cccc(C=Cc2nc3sccn3c2C(=O)Nc2nc(C(C)(C)C)cs2)c1OCC(C)(C)C. The first-order valence-electron chi connectivity index (χ1n) is 11.7. The Balaban J connectivity index is 1.66. The van der Waals surface area contributed by atoms with Crippen LogP contribution in [0.3, 0.4) is 0 Å². The minimum atomic E-state index is -0.259. The number of hydrogen-bond acceptors (Lipinski definition) is 7. The second kappa shape index (κ2) is 10.1. The van der Waals surface area contributed by atoms with Gasteiger partial charge in [0, 0.05) is 27.9 Å². The minimum absolute atomic E-state index is 0.00991. The number of carbonyl (C=O) groups excluding carboxylic acids is 1. The molecule has 190 valence electrons. The average Bonchev–Trinajstić information content (AvgIpc) is 3.51. The zero-order valence-corrected chi connectivity index (χ0v) is 23.3. The summed E-state index contributed by atoms with van der Waals surface area (Å²) in [6.45, 7) is 13.2. The van der Waals surface area contributed by atoms with Crippen LogP contribution in [0.2, 0.25) is 0 Å². The zero-order valence-electron chi connectivity index (χ0n) is 21.7. The van der Waals surface area contributed by atoms with E-state index in [4.69, 9.17) is 14.5 Å². The maximum absolute atomic E-state index is 13.4. The summed E-state index contributed by atoms with van der Waals surface area (Å²) >= 11 is 2.90. The summed E-state index contributed by atoms with van der Waals surface area (Å²) in [5.41, 5.74) is 2.71. The van der Waals surface area contributed by atoms with Crippen molar-refractivity contribution in [2.24, 2.45) is 5.41 Å². The monoisotopic (exact) mass is 524 g/mol. The van der Waals surface area contributed by atoms with Crippen LogP contribution in [0, 0.1) is 5.41 Å². The molecule has 0 fully saturated rings. The van der Waals surface area contributed by atoms with Crippen molar-refractivity contribution >= 4 is 50.8 Å². The molecule has 3 heterocycles. The Morgan fingerprint density at radius 2 is 1.89 bits per heavy atom. The van der Waals surface area contributed by atoms with Gasteiger partial charge in [-0.3, -0.25) is 14.5 Å². The van der Waals surface area contributed by atoms with E-state index in [1.54, 1.807) is 11.5 Å². The molecule has 36 heavy (non-hydrogen) atoms. The second-order valence-electron chi connectivity index (χ2n) is 10.7. The molecular formula is C27H32N4O3S2. The van der Waals surface area contributed by atoms with Gasteiger partial charge >= 0.3 is 0 Å². The van der Waals surface area contributed by atoms with E-state index in [-0.39, 0.29) is 16.7 Å². The van der Waals surface area contributed by atoms with Crippen LogP contribution in [0.5, 0.6) is 11.5 Å². The fourth-order valence-electron chi connectivity index (χ4n) is 3.41. The van der Waals surface area contributed by atoms with Crippen LogP contribution in [-0.2, 0) is 5.41 Å². The predicted octanol–water partition coefficient (Wildman–Crippen LogP) is 7.01. The molecule has 0 aliphatic heterocycles. The second-order valence-corrected chi connectivity index (χ2v) is 12.4. The Morgan fingerprint density at radius 3 is 2.56 bits per heavy atom. The number of ether oxygens (including phenoxy) is 2. The number of anilines is 1. The number of thiazole rings is 2. The number of nitrogens with one attached hydrogen (secondary N) is 1. The number of rotatable bonds is 7. The van der Waals surface area contributed by atoms with E-state index in [2.05, 4.69) is 51.8 Å². The highest BCUT2D eigenvalue weighted by Crippen LogP contribution is 2.34. The minimum Gasteiger partial charge on any atom is -0.493 e. The lowest BCUT2D eigenvalue weighted by molar-refractivity contribution is 0.102. The van der Waals surface area contributed by atoms with Crippen molar-refractivity contribution in [3.8, 4) is 11.5 Å². The van der Waals surface area contributed by atoms with E-state index in [1.807, 2.05) is 47.3 Å². The molecule has 0 aliphatic rings. The summed E-state index contributed by atoms with van der Waals surface area (Å²) in [4.78, 5) is 23.4. The Labute approximate surface area is 219 Å². The van der Waals surface area contributed by atoms with Gasteiger partial charge in [-0.2, -0.15) is 0 Å². The number of hydrogen-bond donors (Lipinski definition) is 1. The highest BCUT2D eigenvalue weighted by atomic mass is 32.1. The first-order valence-corrected chi connectivity index (χ1v) is 13.4. The third kappa shape index (κ3) is 5.79. The van der Waals surface area contributed by atoms with Crippen molar-refractivity contribution in [3.05, 3.63) is 57.8 Å². The van der Waals surface area contributed by atoms with Crippen LogP contribution in [0.25, 0.3) is 17.1 Å². The van der Waals surface area contributed by atoms with Gasteiger partial charge < -0.3 is 9.47 Å². The summed E-state index contributed by atoms with van der Waals surface area (Å²) in [6.07, 6.45) is 5.60. The molecule has 4 rings (SSSR count). The van der Waals surface area contributed by atoms with E-state index in [1.165, 1.54) is 22.7 Å².